The van der Waals surface area contributed by atoms with Gasteiger partial charge in [0.2, 0.25) is 0 Å². The molecule has 1 aliphatic carbocycles. The molecule has 0 aliphatic heterocycles. The number of hydrogen-bond acceptors (Lipinski definition) is 2. The van der Waals surface area contributed by atoms with E-state index in [1.54, 1.807) is 24.1 Å². The number of carbonyl (C=O) groups excluding carboxylic acids is 1. The molecule has 1 aromatic rings. The normalized spacial score (nSPS) is 15.1. The van der Waals surface area contributed by atoms with Gasteiger partial charge in [-0.3, -0.25) is 4.79 Å². The number of rotatable bonds is 3. The Morgan fingerprint density at radius 3 is 2.12 bits per heavy atom. The first-order valence-electron chi connectivity index (χ1n) is 5.70. The second-order valence-corrected chi connectivity index (χ2v) is 4.38. The van der Waals surface area contributed by atoms with Crippen LogP contribution in [0.4, 0.5) is 0 Å². The molecule has 0 radical (unpaired) electrons. The molecule has 90 valence electrons. The van der Waals surface area contributed by atoms with Crippen molar-refractivity contribution < 1.29 is 14.7 Å². The lowest BCUT2D eigenvalue weighted by Crippen LogP contribution is -2.41. The van der Waals surface area contributed by atoms with Gasteiger partial charge in [0.15, 0.2) is 0 Å². The van der Waals surface area contributed by atoms with Crippen LogP contribution in [0, 0.1) is 0 Å². The van der Waals surface area contributed by atoms with Gasteiger partial charge in [0.1, 0.15) is 0 Å². The van der Waals surface area contributed by atoms with Crippen LogP contribution in [-0.4, -0.2) is 35.0 Å². The topological polar surface area (TPSA) is 57.6 Å². The zero-order chi connectivity index (χ0) is 12.4. The third-order valence-electron chi connectivity index (χ3n) is 3.32. The van der Waals surface area contributed by atoms with Gasteiger partial charge in [-0.2, -0.15) is 0 Å². The van der Waals surface area contributed by atoms with Gasteiger partial charge < -0.3 is 10.0 Å². The van der Waals surface area contributed by atoms with Gasteiger partial charge in [-0.05, 0) is 43.5 Å². The molecule has 0 spiro atoms. The number of carbonyl (C=O) groups is 2. The highest BCUT2D eigenvalue weighted by Gasteiger charge is 2.26. The summed E-state index contributed by atoms with van der Waals surface area (Å²) in [7, 11) is 1.80. The zero-order valence-electron chi connectivity index (χ0n) is 9.72. The molecule has 4 heteroatoms. The van der Waals surface area contributed by atoms with Crippen LogP contribution in [0.2, 0.25) is 0 Å². The Hall–Kier alpha value is -1.84. The van der Waals surface area contributed by atoms with Crippen LogP contribution in [0.5, 0.6) is 0 Å². The molecule has 2 rings (SSSR count). The predicted molar refractivity (Wildman–Crippen MR) is 63.1 cm³/mol. The van der Waals surface area contributed by atoms with Crippen LogP contribution in [0.1, 0.15) is 40.0 Å². The Labute approximate surface area is 99.9 Å². The van der Waals surface area contributed by atoms with E-state index in [0.29, 0.717) is 11.6 Å². The monoisotopic (exact) mass is 233 g/mol. The molecule has 4 nitrogen and oxygen atoms in total. The lowest BCUT2D eigenvalue weighted by molar-refractivity contribution is 0.0648. The molecule has 0 bridgehead atoms. The number of carboxylic acids is 1. The highest BCUT2D eigenvalue weighted by atomic mass is 16.4. The highest BCUT2D eigenvalue weighted by molar-refractivity contribution is 5.96. The van der Waals surface area contributed by atoms with E-state index in [0.717, 1.165) is 12.8 Å². The van der Waals surface area contributed by atoms with Crippen LogP contribution < -0.4 is 0 Å². The van der Waals surface area contributed by atoms with E-state index in [2.05, 4.69) is 0 Å². The minimum atomic E-state index is -0.976. The molecule has 0 unspecified atom stereocenters. The number of aromatic carboxylic acids is 1. The van der Waals surface area contributed by atoms with Crippen molar-refractivity contribution in [3.63, 3.8) is 0 Å². The third kappa shape index (κ3) is 2.30. The van der Waals surface area contributed by atoms with E-state index in [1.165, 1.54) is 18.6 Å². The average molecular weight is 233 g/mol. The molecule has 0 aromatic heterocycles. The number of amides is 1. The summed E-state index contributed by atoms with van der Waals surface area (Å²) < 4.78 is 0. The van der Waals surface area contributed by atoms with Crippen LogP contribution in [0.15, 0.2) is 24.3 Å². The Morgan fingerprint density at radius 1 is 1.18 bits per heavy atom. The van der Waals surface area contributed by atoms with Gasteiger partial charge in [0, 0.05) is 18.7 Å². The van der Waals surface area contributed by atoms with E-state index in [-0.39, 0.29) is 11.5 Å². The lowest BCUT2D eigenvalue weighted by Gasteiger charge is -2.34. The lowest BCUT2D eigenvalue weighted by atomic mass is 9.91. The largest absolute Gasteiger partial charge is 0.478 e. The Bertz CT molecular complexity index is 434. The average Bonchev–Trinajstić information content (AvgIpc) is 2.25. The van der Waals surface area contributed by atoms with Gasteiger partial charge in [-0.25, -0.2) is 4.79 Å². The molecule has 17 heavy (non-hydrogen) atoms. The quantitative estimate of drug-likeness (QED) is 0.868. The van der Waals surface area contributed by atoms with Crippen LogP contribution in [0.25, 0.3) is 0 Å². The first-order valence-corrected chi connectivity index (χ1v) is 5.70. The predicted octanol–water partition coefficient (Wildman–Crippen LogP) is 2.01. The first-order chi connectivity index (χ1) is 8.09. The van der Waals surface area contributed by atoms with Gasteiger partial charge >= 0.3 is 5.97 Å². The summed E-state index contributed by atoms with van der Waals surface area (Å²) in [5, 5.41) is 8.76. The van der Waals surface area contributed by atoms with Crippen LogP contribution >= 0.6 is 0 Å². The standard InChI is InChI=1S/C13H15NO3/c1-14(11-3-2-4-11)12(15)9-5-7-10(8-6-9)13(16)17/h5-8,11H,2-4H2,1H3,(H,16,17). The fourth-order valence-corrected chi connectivity index (χ4v) is 1.90. The summed E-state index contributed by atoms with van der Waals surface area (Å²) in [6.07, 6.45) is 3.31. The van der Waals surface area contributed by atoms with E-state index in [4.69, 9.17) is 5.11 Å². The molecule has 0 atom stereocenters. The maximum Gasteiger partial charge on any atom is 0.335 e. The van der Waals surface area contributed by atoms with Crippen molar-refractivity contribution in [1.29, 1.82) is 0 Å². The molecular formula is C13H15NO3. The number of carboxylic acid groups (broad SMARTS) is 1. The molecular weight excluding hydrogens is 218 g/mol. The summed E-state index contributed by atoms with van der Waals surface area (Å²) in [6.45, 7) is 0. The summed E-state index contributed by atoms with van der Waals surface area (Å²) in [6, 6.07) is 6.41. The molecule has 1 aromatic carbocycles. The minimum Gasteiger partial charge on any atom is -0.478 e. The van der Waals surface area contributed by atoms with Crippen molar-refractivity contribution in [2.75, 3.05) is 7.05 Å². The molecule has 1 N–H and O–H groups in total. The Kier molecular flexibility index (Phi) is 3.13. The van der Waals surface area contributed by atoms with Crippen molar-refractivity contribution in [2.24, 2.45) is 0 Å². The van der Waals surface area contributed by atoms with E-state index in [9.17, 15) is 9.59 Å². The molecule has 0 saturated heterocycles. The number of benzene rings is 1. The molecule has 1 saturated carbocycles. The van der Waals surface area contributed by atoms with E-state index in [1.807, 2.05) is 0 Å². The third-order valence-corrected chi connectivity index (χ3v) is 3.32. The number of hydrogen-bond donors (Lipinski definition) is 1. The maximum absolute atomic E-state index is 12.0. The first kappa shape index (κ1) is 11.6. The molecule has 1 aliphatic rings. The summed E-state index contributed by atoms with van der Waals surface area (Å²) >= 11 is 0. The van der Waals surface area contributed by atoms with Gasteiger partial charge in [0.05, 0.1) is 5.56 Å². The van der Waals surface area contributed by atoms with Crippen molar-refractivity contribution in [2.45, 2.75) is 25.3 Å². The van der Waals surface area contributed by atoms with E-state index >= 15 is 0 Å². The van der Waals surface area contributed by atoms with Gasteiger partial charge in [0.25, 0.3) is 5.91 Å². The Morgan fingerprint density at radius 2 is 1.71 bits per heavy atom. The highest BCUT2D eigenvalue weighted by Crippen LogP contribution is 2.24. The summed E-state index contributed by atoms with van der Waals surface area (Å²) in [5.74, 6) is -1.01. The van der Waals surface area contributed by atoms with Gasteiger partial charge in [-0.1, -0.05) is 0 Å². The zero-order valence-corrected chi connectivity index (χ0v) is 9.72. The smallest absolute Gasteiger partial charge is 0.335 e. The fraction of sp³-hybridized carbons (Fsp3) is 0.385. The molecule has 0 heterocycles. The molecule has 1 fully saturated rings. The van der Waals surface area contributed by atoms with Gasteiger partial charge in [-0.15, -0.1) is 0 Å². The van der Waals surface area contributed by atoms with Crippen molar-refractivity contribution >= 4 is 11.9 Å². The Balaban J connectivity index is 2.10. The maximum atomic E-state index is 12.0. The summed E-state index contributed by atoms with van der Waals surface area (Å²) in [5.41, 5.74) is 0.747. The van der Waals surface area contributed by atoms with Crippen molar-refractivity contribution in [3.8, 4) is 0 Å². The second kappa shape index (κ2) is 4.57. The van der Waals surface area contributed by atoms with Crippen LogP contribution in [0.3, 0.4) is 0 Å². The van der Waals surface area contributed by atoms with Crippen molar-refractivity contribution in [1.82, 2.24) is 4.90 Å². The summed E-state index contributed by atoms with van der Waals surface area (Å²) in [4.78, 5) is 24.5. The van der Waals surface area contributed by atoms with Crippen LogP contribution in [-0.2, 0) is 0 Å². The number of nitrogens with zero attached hydrogens (tertiary/aromatic N) is 1. The van der Waals surface area contributed by atoms with Crippen molar-refractivity contribution in [3.05, 3.63) is 35.4 Å². The second-order valence-electron chi connectivity index (χ2n) is 4.38. The minimum absolute atomic E-state index is 0.0355. The molecule has 1 amide bonds. The van der Waals surface area contributed by atoms with E-state index < -0.39 is 5.97 Å². The fourth-order valence-electron chi connectivity index (χ4n) is 1.90. The SMILES string of the molecule is CN(C(=O)c1ccc(C(=O)O)cc1)C1CCC1.